The first kappa shape index (κ1) is 18.6. The van der Waals surface area contributed by atoms with Crippen molar-refractivity contribution in [3.05, 3.63) is 102 Å². The van der Waals surface area contributed by atoms with Gasteiger partial charge in [0, 0.05) is 17.7 Å². The summed E-state index contributed by atoms with van der Waals surface area (Å²) in [6.45, 7) is 0.400. The molecule has 4 nitrogen and oxygen atoms in total. The van der Waals surface area contributed by atoms with E-state index in [1.54, 1.807) is 24.4 Å². The minimum atomic E-state index is -0.280. The Labute approximate surface area is 168 Å². The predicted octanol–water partition coefficient (Wildman–Crippen LogP) is 5.12. The van der Waals surface area contributed by atoms with E-state index in [0.29, 0.717) is 35.7 Å². The van der Waals surface area contributed by atoms with Crippen LogP contribution in [-0.4, -0.2) is 17.4 Å². The maximum atomic E-state index is 13.3. The summed E-state index contributed by atoms with van der Waals surface area (Å²) in [5, 5.41) is 2.88. The average Bonchev–Trinajstić information content (AvgIpc) is 3.25. The molecule has 0 fully saturated rings. The van der Waals surface area contributed by atoms with Crippen molar-refractivity contribution in [2.45, 2.75) is 6.42 Å². The van der Waals surface area contributed by atoms with E-state index in [4.69, 9.17) is 4.42 Å². The summed E-state index contributed by atoms with van der Waals surface area (Å²) in [5.41, 5.74) is 2.85. The van der Waals surface area contributed by atoms with Crippen LogP contribution in [0.1, 0.15) is 15.9 Å². The fourth-order valence-corrected chi connectivity index (χ4v) is 3.11. The molecule has 1 aromatic heterocycles. The Morgan fingerprint density at radius 3 is 2.59 bits per heavy atom. The first-order chi connectivity index (χ1) is 14.2. The van der Waals surface area contributed by atoms with Gasteiger partial charge in [-0.15, -0.1) is 0 Å². The number of benzene rings is 3. The normalized spacial score (nSPS) is 10.7. The lowest BCUT2D eigenvalue weighted by atomic mass is 10.1. The summed E-state index contributed by atoms with van der Waals surface area (Å²) in [6, 6.07) is 23.2. The van der Waals surface area contributed by atoms with Crippen LogP contribution in [0.2, 0.25) is 0 Å². The van der Waals surface area contributed by atoms with Crippen molar-refractivity contribution in [3.63, 3.8) is 0 Å². The van der Waals surface area contributed by atoms with Crippen molar-refractivity contribution >= 4 is 5.91 Å². The number of hydrogen-bond acceptors (Lipinski definition) is 3. The van der Waals surface area contributed by atoms with E-state index in [0.717, 1.165) is 11.1 Å². The zero-order valence-electron chi connectivity index (χ0n) is 15.6. The molecule has 0 radical (unpaired) electrons. The summed E-state index contributed by atoms with van der Waals surface area (Å²) < 4.78 is 19.2. The molecule has 0 bridgehead atoms. The molecule has 0 saturated heterocycles. The molecular weight excluding hydrogens is 367 g/mol. The smallest absolute Gasteiger partial charge is 0.252 e. The summed E-state index contributed by atoms with van der Waals surface area (Å²) in [7, 11) is 0. The van der Waals surface area contributed by atoms with Crippen LogP contribution in [0.5, 0.6) is 0 Å². The van der Waals surface area contributed by atoms with Gasteiger partial charge in [0.05, 0.1) is 11.8 Å². The van der Waals surface area contributed by atoms with Crippen LogP contribution in [0.25, 0.3) is 22.8 Å². The van der Waals surface area contributed by atoms with Crippen LogP contribution in [0.3, 0.4) is 0 Å². The van der Waals surface area contributed by atoms with E-state index in [2.05, 4.69) is 10.3 Å². The Morgan fingerprint density at radius 1 is 0.966 bits per heavy atom. The highest BCUT2D eigenvalue weighted by molar-refractivity contribution is 6.00. The van der Waals surface area contributed by atoms with Gasteiger partial charge in [-0.05, 0) is 36.2 Å². The lowest BCUT2D eigenvalue weighted by Gasteiger charge is -2.08. The molecular formula is C24H19FN2O2. The molecule has 3 aromatic carbocycles. The number of aromatic nitrogens is 1. The molecule has 0 spiro atoms. The van der Waals surface area contributed by atoms with E-state index in [1.165, 1.54) is 12.1 Å². The summed E-state index contributed by atoms with van der Waals surface area (Å²) in [4.78, 5) is 17.1. The molecule has 4 rings (SSSR count). The van der Waals surface area contributed by atoms with Crippen LogP contribution in [-0.2, 0) is 6.42 Å². The van der Waals surface area contributed by atoms with E-state index in [-0.39, 0.29) is 11.7 Å². The third-order valence-corrected chi connectivity index (χ3v) is 4.55. The van der Waals surface area contributed by atoms with Gasteiger partial charge in [-0.1, -0.05) is 54.6 Å². The Bertz CT molecular complexity index is 1120. The minimum Gasteiger partial charge on any atom is -0.436 e. The SMILES string of the molecule is O=C(NCCc1cccc(F)c1)c1ccccc1-c1ncc(-c2ccccc2)o1. The van der Waals surface area contributed by atoms with Gasteiger partial charge in [0.2, 0.25) is 5.89 Å². The molecule has 0 saturated carbocycles. The highest BCUT2D eigenvalue weighted by Crippen LogP contribution is 2.28. The largest absolute Gasteiger partial charge is 0.436 e. The van der Waals surface area contributed by atoms with Gasteiger partial charge in [0.15, 0.2) is 5.76 Å². The zero-order chi connectivity index (χ0) is 20.1. The van der Waals surface area contributed by atoms with E-state index < -0.39 is 0 Å². The van der Waals surface area contributed by atoms with Crippen molar-refractivity contribution in [2.75, 3.05) is 6.54 Å². The molecule has 29 heavy (non-hydrogen) atoms. The Morgan fingerprint density at radius 2 is 1.76 bits per heavy atom. The zero-order valence-corrected chi connectivity index (χ0v) is 15.6. The highest BCUT2D eigenvalue weighted by Gasteiger charge is 2.16. The third-order valence-electron chi connectivity index (χ3n) is 4.55. The van der Waals surface area contributed by atoms with Crippen LogP contribution in [0.4, 0.5) is 4.39 Å². The number of oxazole rings is 1. The topological polar surface area (TPSA) is 55.1 Å². The molecule has 144 valence electrons. The quantitative estimate of drug-likeness (QED) is 0.500. The minimum absolute atomic E-state index is 0.225. The molecule has 0 aliphatic rings. The van der Waals surface area contributed by atoms with Crippen LogP contribution in [0, 0.1) is 5.82 Å². The predicted molar refractivity (Wildman–Crippen MR) is 110 cm³/mol. The lowest BCUT2D eigenvalue weighted by molar-refractivity contribution is 0.0954. The van der Waals surface area contributed by atoms with E-state index in [1.807, 2.05) is 48.5 Å². The lowest BCUT2D eigenvalue weighted by Crippen LogP contribution is -2.26. The van der Waals surface area contributed by atoms with Crippen molar-refractivity contribution in [1.29, 1.82) is 0 Å². The number of nitrogens with zero attached hydrogens (tertiary/aromatic N) is 1. The second kappa shape index (κ2) is 8.52. The number of carbonyl (C=O) groups is 1. The number of halogens is 1. The molecule has 0 atom stereocenters. The van der Waals surface area contributed by atoms with Crippen LogP contribution >= 0.6 is 0 Å². The highest BCUT2D eigenvalue weighted by atomic mass is 19.1. The standard InChI is InChI=1S/C24H19FN2O2/c25-19-10-6-7-17(15-19)13-14-26-23(28)20-11-4-5-12-21(20)24-27-16-22(29-24)18-8-2-1-3-9-18/h1-12,15-16H,13-14H2,(H,26,28). The molecule has 0 aliphatic carbocycles. The number of nitrogens with one attached hydrogen (secondary N) is 1. The molecule has 0 aliphatic heterocycles. The molecule has 1 amide bonds. The fourth-order valence-electron chi connectivity index (χ4n) is 3.11. The first-order valence-corrected chi connectivity index (χ1v) is 9.34. The second-order valence-electron chi connectivity index (χ2n) is 6.58. The van der Waals surface area contributed by atoms with Crippen molar-refractivity contribution in [2.24, 2.45) is 0 Å². The molecule has 4 aromatic rings. The van der Waals surface area contributed by atoms with Gasteiger partial charge in [0.1, 0.15) is 5.82 Å². The first-order valence-electron chi connectivity index (χ1n) is 9.34. The summed E-state index contributed by atoms with van der Waals surface area (Å²) >= 11 is 0. The third kappa shape index (κ3) is 4.41. The van der Waals surface area contributed by atoms with Gasteiger partial charge in [-0.3, -0.25) is 4.79 Å². The van der Waals surface area contributed by atoms with Gasteiger partial charge >= 0.3 is 0 Å². The fraction of sp³-hybridized carbons (Fsp3) is 0.0833. The number of amides is 1. The number of rotatable bonds is 6. The Hall–Kier alpha value is -3.73. The summed E-state index contributed by atoms with van der Waals surface area (Å²) in [5.74, 6) is 0.524. The van der Waals surface area contributed by atoms with Crippen molar-refractivity contribution in [3.8, 4) is 22.8 Å². The van der Waals surface area contributed by atoms with E-state index in [9.17, 15) is 9.18 Å². The van der Waals surface area contributed by atoms with Gasteiger partial charge in [0.25, 0.3) is 5.91 Å². The maximum absolute atomic E-state index is 13.3. The van der Waals surface area contributed by atoms with E-state index >= 15 is 0 Å². The molecule has 1 heterocycles. The summed E-state index contributed by atoms with van der Waals surface area (Å²) in [6.07, 6.45) is 2.20. The Kier molecular flexibility index (Phi) is 5.47. The van der Waals surface area contributed by atoms with Crippen molar-refractivity contribution in [1.82, 2.24) is 10.3 Å². The molecule has 1 N–H and O–H groups in total. The Balaban J connectivity index is 1.49. The van der Waals surface area contributed by atoms with Gasteiger partial charge < -0.3 is 9.73 Å². The molecule has 0 unspecified atom stereocenters. The van der Waals surface area contributed by atoms with Gasteiger partial charge in [-0.2, -0.15) is 0 Å². The second-order valence-corrected chi connectivity index (χ2v) is 6.58. The van der Waals surface area contributed by atoms with Gasteiger partial charge in [-0.25, -0.2) is 9.37 Å². The molecule has 5 heteroatoms. The number of hydrogen-bond donors (Lipinski definition) is 1. The van der Waals surface area contributed by atoms with Crippen LogP contribution in [0.15, 0.2) is 89.5 Å². The maximum Gasteiger partial charge on any atom is 0.252 e. The number of carbonyl (C=O) groups excluding carboxylic acids is 1. The monoisotopic (exact) mass is 386 g/mol. The van der Waals surface area contributed by atoms with Crippen LogP contribution < -0.4 is 5.32 Å². The average molecular weight is 386 g/mol. The van der Waals surface area contributed by atoms with Crippen molar-refractivity contribution < 1.29 is 13.6 Å².